The third-order valence-corrected chi connectivity index (χ3v) is 6.52. The summed E-state index contributed by atoms with van der Waals surface area (Å²) in [5.41, 5.74) is 8.90. The molecule has 0 unspecified atom stereocenters. The van der Waals surface area contributed by atoms with E-state index in [2.05, 4.69) is 9.98 Å². The molecule has 0 aliphatic carbocycles. The van der Waals surface area contributed by atoms with Crippen molar-refractivity contribution in [3.05, 3.63) is 81.7 Å². The zero-order chi connectivity index (χ0) is 26.4. The van der Waals surface area contributed by atoms with Crippen molar-refractivity contribution in [1.82, 2.24) is 9.88 Å². The first-order valence-corrected chi connectivity index (χ1v) is 11.8. The lowest BCUT2D eigenvalue weighted by Gasteiger charge is -2.23. The van der Waals surface area contributed by atoms with Crippen molar-refractivity contribution in [2.75, 3.05) is 12.8 Å². The Morgan fingerprint density at radius 2 is 1.86 bits per heavy atom. The Morgan fingerprint density at radius 1 is 1.19 bits per heavy atom. The van der Waals surface area contributed by atoms with Crippen molar-refractivity contribution < 1.29 is 18.7 Å². The second kappa shape index (κ2) is 9.43. The van der Waals surface area contributed by atoms with Crippen LogP contribution in [0.5, 0.6) is 0 Å². The maximum Gasteiger partial charge on any atom is 0.256 e. The van der Waals surface area contributed by atoms with Gasteiger partial charge in [0.25, 0.3) is 5.91 Å². The highest BCUT2D eigenvalue weighted by molar-refractivity contribution is 5.98. The maximum absolute atomic E-state index is 15.3. The van der Waals surface area contributed by atoms with Gasteiger partial charge < -0.3 is 15.7 Å². The summed E-state index contributed by atoms with van der Waals surface area (Å²) in [5, 5.41) is 10.4. The molecule has 4 rings (SSSR count). The van der Waals surface area contributed by atoms with Crippen LogP contribution in [0.4, 0.5) is 14.5 Å². The molecule has 2 aromatic carbocycles. The Morgan fingerprint density at radius 3 is 2.44 bits per heavy atom. The molecule has 0 saturated carbocycles. The van der Waals surface area contributed by atoms with E-state index in [0.29, 0.717) is 27.9 Å². The quantitative estimate of drug-likeness (QED) is 0.367. The summed E-state index contributed by atoms with van der Waals surface area (Å²) in [6, 6.07) is 7.57. The van der Waals surface area contributed by atoms with Crippen LogP contribution in [0.2, 0.25) is 0 Å². The van der Waals surface area contributed by atoms with E-state index >= 15 is 8.78 Å². The third kappa shape index (κ3) is 4.60. The van der Waals surface area contributed by atoms with Crippen molar-refractivity contribution in [3.63, 3.8) is 0 Å². The summed E-state index contributed by atoms with van der Waals surface area (Å²) < 4.78 is 30.5. The number of rotatable bonds is 6. The monoisotopic (exact) mass is 492 g/mol. The molecule has 0 bridgehead atoms. The van der Waals surface area contributed by atoms with Crippen molar-refractivity contribution in [2.45, 2.75) is 52.3 Å². The molecule has 2 heterocycles. The number of nitrogen functional groups attached to an aromatic ring is 1. The van der Waals surface area contributed by atoms with Crippen LogP contribution >= 0.6 is 0 Å². The second-order valence-corrected chi connectivity index (χ2v) is 9.93. The standard InChI is InChI=1S/C28H30F2N4O2/c1-15(2)17-8-19-25(33-11-17)14-34(27(19)35)13-21-23(29)9-16(10-24(21)30)18-6-7-22(28(3,4)36)26(31)20(18)12-32-5/h6-12,15,36H,13-14,31H2,1-5H3. The number of nitrogens with two attached hydrogens (primary N) is 1. The summed E-state index contributed by atoms with van der Waals surface area (Å²) in [6.07, 6.45) is 3.24. The molecule has 0 spiro atoms. The van der Waals surface area contributed by atoms with E-state index in [1.54, 1.807) is 39.2 Å². The molecule has 0 atom stereocenters. The number of amides is 1. The third-order valence-electron chi connectivity index (χ3n) is 6.52. The van der Waals surface area contributed by atoms with Crippen molar-refractivity contribution in [1.29, 1.82) is 0 Å². The average molecular weight is 493 g/mol. The van der Waals surface area contributed by atoms with Gasteiger partial charge in [-0.25, -0.2) is 8.78 Å². The minimum atomic E-state index is -1.20. The van der Waals surface area contributed by atoms with Crippen molar-refractivity contribution >= 4 is 17.8 Å². The lowest BCUT2D eigenvalue weighted by Crippen LogP contribution is -2.24. The van der Waals surface area contributed by atoms with Crippen molar-refractivity contribution in [3.8, 4) is 11.1 Å². The predicted molar refractivity (Wildman–Crippen MR) is 137 cm³/mol. The molecular weight excluding hydrogens is 462 g/mol. The van der Waals surface area contributed by atoms with E-state index in [0.717, 1.165) is 5.56 Å². The SMILES string of the molecule is CN=Cc1c(-c2cc(F)c(CN3Cc4ncc(C(C)C)cc4C3=O)c(F)c2)ccc(C(C)(C)O)c1N. The first-order valence-electron chi connectivity index (χ1n) is 11.8. The molecule has 0 fully saturated rings. The summed E-state index contributed by atoms with van der Waals surface area (Å²) >= 11 is 0. The highest BCUT2D eigenvalue weighted by Crippen LogP contribution is 2.36. The van der Waals surface area contributed by atoms with Crippen LogP contribution in [-0.2, 0) is 18.7 Å². The topological polar surface area (TPSA) is 91.8 Å². The van der Waals surface area contributed by atoms with E-state index < -0.39 is 17.2 Å². The zero-order valence-electron chi connectivity index (χ0n) is 21.1. The largest absolute Gasteiger partial charge is 0.398 e. The van der Waals surface area contributed by atoms with Crippen LogP contribution in [0.15, 0.2) is 41.5 Å². The second-order valence-electron chi connectivity index (χ2n) is 9.93. The molecule has 1 aromatic heterocycles. The number of benzene rings is 2. The highest BCUT2D eigenvalue weighted by Gasteiger charge is 2.31. The Balaban J connectivity index is 1.68. The van der Waals surface area contributed by atoms with Crippen LogP contribution in [0.3, 0.4) is 0 Å². The number of halogens is 2. The molecule has 3 aromatic rings. The molecule has 188 valence electrons. The first kappa shape index (κ1) is 25.4. The minimum absolute atomic E-state index is 0.194. The van der Waals surface area contributed by atoms with E-state index in [9.17, 15) is 9.90 Å². The van der Waals surface area contributed by atoms with Gasteiger partial charge in [-0.3, -0.25) is 14.8 Å². The number of aliphatic imine (C=N–C) groups is 1. The Hall–Kier alpha value is -3.65. The molecule has 1 aliphatic heterocycles. The van der Waals surface area contributed by atoms with E-state index in [-0.39, 0.29) is 41.7 Å². The lowest BCUT2D eigenvalue weighted by molar-refractivity contribution is 0.0761. The summed E-state index contributed by atoms with van der Waals surface area (Å²) in [7, 11) is 1.56. The van der Waals surface area contributed by atoms with Gasteiger partial charge in [-0.2, -0.15) is 0 Å². The average Bonchev–Trinajstić information content (AvgIpc) is 3.11. The van der Waals surface area contributed by atoms with Crippen LogP contribution < -0.4 is 5.73 Å². The molecule has 0 saturated heterocycles. The summed E-state index contributed by atoms with van der Waals surface area (Å²) in [4.78, 5) is 22.8. The fourth-order valence-corrected chi connectivity index (χ4v) is 4.48. The van der Waals surface area contributed by atoms with Crippen LogP contribution in [-0.4, -0.2) is 34.2 Å². The lowest BCUT2D eigenvalue weighted by atomic mass is 9.89. The van der Waals surface area contributed by atoms with E-state index in [1.807, 2.05) is 19.9 Å². The smallest absolute Gasteiger partial charge is 0.256 e. The van der Waals surface area contributed by atoms with E-state index in [1.165, 1.54) is 23.2 Å². The van der Waals surface area contributed by atoms with Gasteiger partial charge in [0.15, 0.2) is 0 Å². The highest BCUT2D eigenvalue weighted by atomic mass is 19.1. The van der Waals surface area contributed by atoms with Gasteiger partial charge in [0.05, 0.1) is 29.9 Å². The molecule has 36 heavy (non-hydrogen) atoms. The number of nitrogens with zero attached hydrogens (tertiary/aromatic N) is 3. The number of aromatic nitrogens is 1. The Kier molecular flexibility index (Phi) is 6.66. The number of carbonyl (C=O) groups is 1. The van der Waals surface area contributed by atoms with Crippen LogP contribution in [0.25, 0.3) is 11.1 Å². The van der Waals surface area contributed by atoms with Crippen LogP contribution in [0.1, 0.15) is 71.9 Å². The normalized spacial score (nSPS) is 13.8. The van der Waals surface area contributed by atoms with Gasteiger partial charge in [0, 0.05) is 41.8 Å². The first-order chi connectivity index (χ1) is 16.9. The zero-order valence-corrected chi connectivity index (χ0v) is 21.1. The number of hydrogen-bond acceptors (Lipinski definition) is 5. The van der Waals surface area contributed by atoms with Crippen molar-refractivity contribution in [2.24, 2.45) is 4.99 Å². The van der Waals surface area contributed by atoms with Gasteiger partial charge in [0.1, 0.15) is 11.6 Å². The molecule has 1 aliphatic rings. The summed E-state index contributed by atoms with van der Waals surface area (Å²) in [5.74, 6) is -1.62. The van der Waals surface area contributed by atoms with Gasteiger partial charge in [-0.15, -0.1) is 0 Å². The predicted octanol–water partition coefficient (Wildman–Crippen LogP) is 5.16. The number of carbonyl (C=O) groups excluding carboxylic acids is 1. The number of pyridine rings is 1. The molecular formula is C28H30F2N4O2. The van der Waals surface area contributed by atoms with E-state index in [4.69, 9.17) is 5.73 Å². The van der Waals surface area contributed by atoms with Gasteiger partial charge in [-0.05, 0) is 54.7 Å². The molecule has 0 radical (unpaired) electrons. The molecule has 3 N–H and O–H groups in total. The number of fused-ring (bicyclic) bond motifs is 1. The van der Waals surface area contributed by atoms with Crippen LogP contribution in [0, 0.1) is 11.6 Å². The number of hydrogen-bond donors (Lipinski definition) is 2. The van der Waals surface area contributed by atoms with Gasteiger partial charge in [-0.1, -0.05) is 26.0 Å². The fraction of sp³-hybridized carbons (Fsp3) is 0.321. The fourth-order valence-electron chi connectivity index (χ4n) is 4.48. The summed E-state index contributed by atoms with van der Waals surface area (Å²) in [6.45, 7) is 7.21. The van der Waals surface area contributed by atoms with Gasteiger partial charge >= 0.3 is 0 Å². The minimum Gasteiger partial charge on any atom is -0.398 e. The maximum atomic E-state index is 15.3. The Bertz CT molecular complexity index is 1350. The number of anilines is 1. The molecule has 6 nitrogen and oxygen atoms in total. The number of aliphatic hydroxyl groups is 1. The molecule has 8 heteroatoms. The Labute approximate surface area is 209 Å². The van der Waals surface area contributed by atoms with Gasteiger partial charge in [0.2, 0.25) is 0 Å². The molecule has 1 amide bonds.